The number of carboxylic acid groups (broad SMARTS) is 14. The molecule has 0 aliphatic heterocycles. The Bertz CT molecular complexity index is 1600. The van der Waals surface area contributed by atoms with E-state index in [-0.39, 0.29) is 77.9 Å². The van der Waals surface area contributed by atoms with E-state index < -0.39 is 130 Å². The van der Waals surface area contributed by atoms with Crippen molar-refractivity contribution < 1.29 is 183 Å². The fourth-order valence-electron chi connectivity index (χ4n) is 3.26. The molecule has 0 aliphatic carbocycles. The predicted octanol–water partition coefficient (Wildman–Crippen LogP) is -0.911. The van der Waals surface area contributed by atoms with E-state index in [0.717, 1.165) is 30.1 Å². The molecule has 4 atom stereocenters. The summed E-state index contributed by atoms with van der Waals surface area (Å²) in [5.74, 6) is 0.569. The summed E-state index contributed by atoms with van der Waals surface area (Å²) in [5.41, 5.74) is 15.6. The van der Waals surface area contributed by atoms with E-state index in [2.05, 4.69) is 21.5 Å². The first-order valence-corrected chi connectivity index (χ1v) is 59.1. The Labute approximate surface area is 552 Å². The summed E-state index contributed by atoms with van der Waals surface area (Å²) in [5, 5.41) is 117. The number of hydrogen-bond donors (Lipinski definition) is 18. The Balaban J connectivity index is -0.0000000496. The summed E-state index contributed by atoms with van der Waals surface area (Å²) in [6, 6.07) is -2.89. The molecule has 35 nitrogen and oxygen atoms in total. The van der Waals surface area contributed by atoms with Crippen LogP contribution in [0.2, 0.25) is 78.5 Å². The molecule has 1 amide bonds. The van der Waals surface area contributed by atoms with Gasteiger partial charge in [0.1, 0.15) is 0 Å². The molecule has 0 aliphatic rings. The fourth-order valence-corrected chi connectivity index (χ4v) is 27.5. The van der Waals surface area contributed by atoms with Gasteiger partial charge in [-0.3, -0.25) is 0 Å². The number of rotatable bonds is 30. The van der Waals surface area contributed by atoms with Crippen molar-refractivity contribution >= 4 is 200 Å². The number of amides is 1. The normalized spacial score (nSPS) is 10.4. The first kappa shape index (κ1) is 120. The molecule has 0 saturated heterocycles. The molecule has 0 bridgehead atoms. The summed E-state index contributed by atoms with van der Waals surface area (Å²) in [4.78, 5) is 127. The number of aliphatic carboxylic acids is 9. The van der Waals surface area contributed by atoms with Gasteiger partial charge in [-0.25, -0.2) is 9.59 Å². The third-order valence-corrected chi connectivity index (χ3v) is 43.7. The van der Waals surface area contributed by atoms with E-state index in [1.807, 2.05) is 43.4 Å². The Morgan fingerprint density at radius 1 is 0.452 bits per heavy atom. The van der Waals surface area contributed by atoms with Gasteiger partial charge in [-0.05, 0) is 0 Å². The second-order valence-electron chi connectivity index (χ2n) is 15.1. The van der Waals surface area contributed by atoms with Gasteiger partial charge in [-0.1, -0.05) is 0 Å². The number of carboxylic acids is 9. The van der Waals surface area contributed by atoms with Crippen LogP contribution in [0.1, 0.15) is 38.5 Å². The van der Waals surface area contributed by atoms with E-state index in [0.29, 0.717) is 90.8 Å². The molecule has 4 unspecified atom stereocenters. The third kappa shape index (κ3) is 139. The zero-order chi connectivity index (χ0) is 63.8. The van der Waals surface area contributed by atoms with Crippen molar-refractivity contribution in [3.05, 3.63) is 0 Å². The maximum atomic E-state index is 10.4. The van der Waals surface area contributed by atoms with Crippen molar-refractivity contribution in [3.8, 4) is 0 Å². The molecule has 84 heavy (non-hydrogen) atoms. The molecule has 0 aromatic carbocycles. The Morgan fingerprint density at radius 2 is 0.726 bits per heavy atom. The molecule has 0 heterocycles. The van der Waals surface area contributed by atoms with E-state index in [4.69, 9.17) is 98.3 Å². The van der Waals surface area contributed by atoms with Gasteiger partial charge in [-0.2, -0.15) is 0 Å². The van der Waals surface area contributed by atoms with E-state index in [1.165, 1.54) is 17.9 Å². The topological polar surface area (TPSA) is 736 Å². The van der Waals surface area contributed by atoms with Gasteiger partial charge in [0.05, 0.1) is 0 Å². The SMILES string of the molecule is C[Se]CC(N)C(=O)O.C[Se]CCC(N)C(=O)O.C[Se]CCC(N)C(=O)O.C[Se]CCC(NC(=O)O)C(=O)O.O.O.O.O.O.O=C(O)C[CH2][Ge].O=C(O)O.O=C(O)O.[CH3][Sn]([CH3])([CH2]CC(=O)O)[CH2]CC(=O)O.[CH3][Sn]([CH3])([S]CC(=O)O)[S]CC(=O)O.[Zr]. The monoisotopic (exact) mass is 1900 g/mol. The third-order valence-electron chi connectivity index (χ3n) is 7.23. The first-order valence-electron chi connectivity index (χ1n) is 21.5. The molecular formula is C39H89GeN4O31S2Se4Sn2Zr. The van der Waals surface area contributed by atoms with Crippen LogP contribution in [-0.4, -0.2) is 317 Å². The van der Waals surface area contributed by atoms with E-state index >= 15 is 0 Å². The van der Waals surface area contributed by atoms with Crippen LogP contribution in [0.3, 0.4) is 0 Å². The smallest absolute Gasteiger partial charge is 0 e. The molecular weight excluding hydrogens is 1800 g/mol. The fraction of sp³-hybridized carbons (Fsp3) is 0.692. The largest absolute Gasteiger partial charge is 0 e. The van der Waals surface area contributed by atoms with Gasteiger partial charge in [0.25, 0.3) is 0 Å². The minimum atomic E-state index is -2.47. The van der Waals surface area contributed by atoms with Crippen molar-refractivity contribution in [2.75, 3.05) is 11.5 Å². The first-order chi connectivity index (χ1) is 35.5. The average Bonchev–Trinajstić information content (AvgIpc) is 3.29. The van der Waals surface area contributed by atoms with Gasteiger partial charge in [-0.15, -0.1) is 0 Å². The molecule has 0 rings (SSSR count). The summed E-state index contributed by atoms with van der Waals surface area (Å²) in [6.45, 7) is 0. The van der Waals surface area contributed by atoms with Crippen LogP contribution in [-0.2, 0) is 69.4 Å². The maximum absolute atomic E-state index is 10.4. The Morgan fingerprint density at radius 3 is 0.893 bits per heavy atom. The second-order valence-corrected chi connectivity index (χ2v) is 69.0. The molecule has 0 aromatic heterocycles. The van der Waals surface area contributed by atoms with Gasteiger partial charge >= 0.3 is 475 Å². The van der Waals surface area contributed by atoms with Crippen LogP contribution in [0.25, 0.3) is 0 Å². The standard InChI is InChI=1S/C6H11NO4Se.2C5H11NO2Se.C4H9NO2Se.C3H5GeO2.2C3H5O2.2C2H4O2S.2CH2O3.4CH3.5H2O.2Sn.Zr/c1-12-3-2-4(5(8)9)7-6(10)11;2*1-9-3-2-4(6)5(7)8;1-8-2-3(5)4(6)7;4-2-1-3(5)6;2*1-2-3(4)5;2*3-2(4)1-5;2*2-1(3)4;;;;;;;;;;;;/h4,7H,2-3H2,1H3,(H,8,9)(H,10,11);2*4H,2-3,6H2,1H3,(H,7,8);3H,2,5H2,1H3,(H,6,7);1-2H2,(H,5,6);2*1-2H2,(H,4,5);2*5H,1H2,(H,3,4);2*(H2,2,3,4);4*1H3;5*1H2;;;/q;;;;;;;;;;;;;;;;;;;;;+2;/p-2. The van der Waals surface area contributed by atoms with Gasteiger partial charge < -0.3 is 47.8 Å². The summed E-state index contributed by atoms with van der Waals surface area (Å²) in [7, 11) is 2.88. The Hall–Kier alpha value is -1.48. The van der Waals surface area contributed by atoms with Crippen LogP contribution in [0, 0.1) is 0 Å². The van der Waals surface area contributed by atoms with Crippen molar-refractivity contribution in [1.82, 2.24) is 5.32 Å². The zero-order valence-corrected chi connectivity index (χ0v) is 66.0. The van der Waals surface area contributed by atoms with Gasteiger partial charge in [0.2, 0.25) is 0 Å². The predicted molar refractivity (Wildman–Crippen MR) is 320 cm³/mol. The van der Waals surface area contributed by atoms with Crippen molar-refractivity contribution in [2.45, 2.75) is 141 Å². The molecule has 503 valence electrons. The minimum absolute atomic E-state index is 0. The minimum Gasteiger partial charge on any atom is 0 e. The van der Waals surface area contributed by atoms with Gasteiger partial charge in [0, 0.05) is 26.2 Å². The molecule has 0 aromatic rings. The van der Waals surface area contributed by atoms with Crippen LogP contribution < -0.4 is 22.5 Å². The zero-order valence-electron chi connectivity index (χ0n) is 47.3. The van der Waals surface area contributed by atoms with Crippen molar-refractivity contribution in [2.24, 2.45) is 17.2 Å². The molecule has 0 saturated carbocycles. The van der Waals surface area contributed by atoms with Crippen molar-refractivity contribution in [3.63, 3.8) is 0 Å². The van der Waals surface area contributed by atoms with Crippen LogP contribution in [0.4, 0.5) is 14.4 Å². The van der Waals surface area contributed by atoms with Crippen molar-refractivity contribution in [1.29, 1.82) is 0 Å². The quantitative estimate of drug-likeness (QED) is 0.0387. The number of carbonyl (C=O) groups is 12. The van der Waals surface area contributed by atoms with Gasteiger partial charge in [0.15, 0.2) is 0 Å². The molecule has 0 fully saturated rings. The summed E-state index contributed by atoms with van der Waals surface area (Å²) in [6.07, 6.45) is -2.66. The summed E-state index contributed by atoms with van der Waals surface area (Å²) < 4.78 is 1.47. The molecule has 3 radical (unpaired) electrons. The Kier molecular flexibility index (Phi) is 117. The number of hydrogen-bond acceptors (Lipinski definition) is 17. The number of nitrogens with two attached hydrogens (primary N) is 3. The van der Waals surface area contributed by atoms with E-state index in [9.17, 15) is 47.9 Å². The number of nitrogens with one attached hydrogen (secondary N) is 1. The molecule has 45 heteroatoms. The van der Waals surface area contributed by atoms with E-state index in [1.54, 1.807) is 0 Å². The van der Waals surface area contributed by atoms with Crippen LogP contribution >= 0.6 is 17.9 Å². The van der Waals surface area contributed by atoms with Crippen LogP contribution in [0.5, 0.6) is 0 Å². The summed E-state index contributed by atoms with van der Waals surface area (Å²) >= 11 is -1.08. The second kappa shape index (κ2) is 81.5. The van der Waals surface area contributed by atoms with Crippen LogP contribution in [0.15, 0.2) is 0 Å². The molecule has 0 spiro atoms. The maximum Gasteiger partial charge on any atom is 0 e. The average molecular weight is 1890 g/mol. The molecule has 31 N–H and O–H groups in total.